The number of rotatable bonds is 2. The molecule has 0 radical (unpaired) electrons. The van der Waals surface area contributed by atoms with E-state index in [-0.39, 0.29) is 0 Å². The Balaban J connectivity index is 2.81. The lowest BCUT2D eigenvalue weighted by atomic mass is 10.2. The highest BCUT2D eigenvalue weighted by atomic mass is 35.5. The summed E-state index contributed by atoms with van der Waals surface area (Å²) in [5.74, 6) is 0. The number of halogens is 1. The number of carbonyl (C=O) groups excluding carboxylic acids is 1. The minimum absolute atomic E-state index is 0.334. The van der Waals surface area contributed by atoms with E-state index in [2.05, 4.69) is 5.10 Å². The van der Waals surface area contributed by atoms with E-state index in [4.69, 9.17) is 22.6 Å². The van der Waals surface area contributed by atoms with Gasteiger partial charge in [-0.2, -0.15) is 10.4 Å². The molecule has 76 valence electrons. The number of urea groups is 1. The Morgan fingerprint density at radius 2 is 2.40 bits per heavy atom. The molecule has 0 atom stereocenters. The summed E-state index contributed by atoms with van der Waals surface area (Å²) >= 11 is 5.77. The summed E-state index contributed by atoms with van der Waals surface area (Å²) < 4.78 is 0. The molecule has 0 aliphatic rings. The van der Waals surface area contributed by atoms with Gasteiger partial charge in [-0.15, -0.1) is 0 Å². The van der Waals surface area contributed by atoms with Crippen LogP contribution in [0, 0.1) is 11.3 Å². The molecule has 3 N–H and O–H groups in total. The van der Waals surface area contributed by atoms with E-state index >= 15 is 0 Å². The molecule has 0 saturated heterocycles. The van der Waals surface area contributed by atoms with Crippen LogP contribution < -0.4 is 11.2 Å². The third-order valence-corrected chi connectivity index (χ3v) is 1.81. The average Bonchev–Trinajstić information content (AvgIpc) is 2.17. The van der Waals surface area contributed by atoms with Gasteiger partial charge in [0.15, 0.2) is 0 Å². The van der Waals surface area contributed by atoms with Crippen LogP contribution >= 0.6 is 11.6 Å². The number of nitriles is 1. The van der Waals surface area contributed by atoms with Gasteiger partial charge in [0, 0.05) is 0 Å². The molecule has 0 bridgehead atoms. The van der Waals surface area contributed by atoms with Crippen molar-refractivity contribution in [1.82, 2.24) is 5.43 Å². The van der Waals surface area contributed by atoms with Crippen molar-refractivity contribution in [3.8, 4) is 6.07 Å². The minimum atomic E-state index is -0.744. The van der Waals surface area contributed by atoms with Crippen molar-refractivity contribution in [3.05, 3.63) is 34.3 Å². The fourth-order valence-electron chi connectivity index (χ4n) is 0.873. The number of benzene rings is 1. The van der Waals surface area contributed by atoms with Crippen LogP contribution in [0.1, 0.15) is 11.1 Å². The maximum Gasteiger partial charge on any atom is 0.332 e. The first kappa shape index (κ1) is 11.0. The standard InChI is InChI=1S/C9H7ClN4O/c10-8-3-6(1-2-7(8)4-11)5-13-14-9(12)15/h1-3,5H,(H3,12,14,15). The van der Waals surface area contributed by atoms with Gasteiger partial charge in [0.2, 0.25) is 0 Å². The van der Waals surface area contributed by atoms with Crippen molar-refractivity contribution in [2.75, 3.05) is 0 Å². The van der Waals surface area contributed by atoms with Crippen LogP contribution in [0.2, 0.25) is 5.02 Å². The normalized spacial score (nSPS) is 9.87. The first-order valence-electron chi connectivity index (χ1n) is 3.91. The van der Waals surface area contributed by atoms with E-state index in [0.29, 0.717) is 16.1 Å². The van der Waals surface area contributed by atoms with Crippen molar-refractivity contribution in [3.63, 3.8) is 0 Å². The molecular formula is C9H7ClN4O. The van der Waals surface area contributed by atoms with E-state index in [1.54, 1.807) is 18.2 Å². The summed E-state index contributed by atoms with van der Waals surface area (Å²) in [6.45, 7) is 0. The van der Waals surface area contributed by atoms with Gasteiger partial charge in [-0.25, -0.2) is 10.2 Å². The van der Waals surface area contributed by atoms with Gasteiger partial charge in [0.05, 0.1) is 16.8 Å². The van der Waals surface area contributed by atoms with Gasteiger partial charge >= 0.3 is 6.03 Å². The first-order valence-corrected chi connectivity index (χ1v) is 4.29. The number of hydrogen-bond acceptors (Lipinski definition) is 3. The molecule has 0 aromatic heterocycles. The highest BCUT2D eigenvalue weighted by Gasteiger charge is 1.98. The zero-order chi connectivity index (χ0) is 11.3. The predicted molar refractivity (Wildman–Crippen MR) is 56.5 cm³/mol. The summed E-state index contributed by atoms with van der Waals surface area (Å²) in [6.07, 6.45) is 1.37. The number of nitrogens with two attached hydrogens (primary N) is 1. The van der Waals surface area contributed by atoms with Crippen molar-refractivity contribution < 1.29 is 4.79 Å². The smallest absolute Gasteiger partial charge is 0.332 e. The molecule has 5 nitrogen and oxygen atoms in total. The number of carbonyl (C=O) groups is 1. The fraction of sp³-hybridized carbons (Fsp3) is 0. The second-order valence-electron chi connectivity index (χ2n) is 2.59. The van der Waals surface area contributed by atoms with Gasteiger partial charge in [0.25, 0.3) is 0 Å². The molecule has 0 heterocycles. The Morgan fingerprint density at radius 3 is 2.93 bits per heavy atom. The minimum Gasteiger partial charge on any atom is -0.350 e. The molecule has 1 aromatic carbocycles. The number of hydrogen-bond donors (Lipinski definition) is 2. The van der Waals surface area contributed by atoms with Crippen molar-refractivity contribution in [2.45, 2.75) is 0 Å². The Labute approximate surface area is 91.1 Å². The molecular weight excluding hydrogens is 216 g/mol. The van der Waals surface area contributed by atoms with Crippen LogP contribution in [0.4, 0.5) is 4.79 Å². The van der Waals surface area contributed by atoms with Crippen LogP contribution in [0.25, 0.3) is 0 Å². The van der Waals surface area contributed by atoms with Gasteiger partial charge in [-0.3, -0.25) is 0 Å². The molecule has 0 aliphatic carbocycles. The van der Waals surface area contributed by atoms with Gasteiger partial charge in [-0.1, -0.05) is 17.7 Å². The Bertz CT molecular complexity index is 450. The van der Waals surface area contributed by atoms with E-state index < -0.39 is 6.03 Å². The number of amides is 2. The fourth-order valence-corrected chi connectivity index (χ4v) is 1.10. The largest absolute Gasteiger partial charge is 0.350 e. The molecule has 0 fully saturated rings. The van der Waals surface area contributed by atoms with Gasteiger partial charge in [0.1, 0.15) is 6.07 Å². The van der Waals surface area contributed by atoms with Crippen LogP contribution in [0.5, 0.6) is 0 Å². The second kappa shape index (κ2) is 4.98. The quantitative estimate of drug-likeness (QED) is 0.582. The summed E-state index contributed by atoms with van der Waals surface area (Å²) in [4.78, 5) is 10.3. The van der Waals surface area contributed by atoms with E-state index in [0.717, 1.165) is 0 Å². The van der Waals surface area contributed by atoms with E-state index in [9.17, 15) is 4.79 Å². The van der Waals surface area contributed by atoms with Crippen LogP contribution in [0.15, 0.2) is 23.3 Å². The Morgan fingerprint density at radius 1 is 1.67 bits per heavy atom. The van der Waals surface area contributed by atoms with Crippen LogP contribution in [0.3, 0.4) is 0 Å². The molecule has 0 spiro atoms. The third kappa shape index (κ3) is 3.29. The maximum absolute atomic E-state index is 10.3. The summed E-state index contributed by atoms with van der Waals surface area (Å²) in [5.41, 5.74) is 7.89. The Kier molecular flexibility index (Phi) is 3.66. The molecule has 1 aromatic rings. The average molecular weight is 223 g/mol. The van der Waals surface area contributed by atoms with Crippen LogP contribution in [-0.4, -0.2) is 12.2 Å². The van der Waals surface area contributed by atoms with E-state index in [1.165, 1.54) is 6.21 Å². The highest BCUT2D eigenvalue weighted by molar-refractivity contribution is 6.32. The third-order valence-electron chi connectivity index (χ3n) is 1.50. The van der Waals surface area contributed by atoms with Crippen LogP contribution in [-0.2, 0) is 0 Å². The molecule has 2 amide bonds. The predicted octanol–water partition coefficient (Wildman–Crippen LogP) is 1.21. The molecule has 0 aliphatic heterocycles. The number of primary amides is 1. The first-order chi connectivity index (χ1) is 7.13. The lowest BCUT2D eigenvalue weighted by Crippen LogP contribution is -2.24. The number of hydrazone groups is 1. The van der Waals surface area contributed by atoms with Crippen molar-refractivity contribution in [1.29, 1.82) is 5.26 Å². The zero-order valence-electron chi connectivity index (χ0n) is 7.57. The van der Waals surface area contributed by atoms with Gasteiger partial charge < -0.3 is 5.73 Å². The molecule has 0 unspecified atom stereocenters. The van der Waals surface area contributed by atoms with Crippen molar-refractivity contribution >= 4 is 23.8 Å². The maximum atomic E-state index is 10.3. The summed E-state index contributed by atoms with van der Waals surface area (Å²) in [7, 11) is 0. The van der Waals surface area contributed by atoms with Crippen molar-refractivity contribution in [2.24, 2.45) is 10.8 Å². The second-order valence-corrected chi connectivity index (χ2v) is 2.99. The van der Waals surface area contributed by atoms with E-state index in [1.807, 2.05) is 11.5 Å². The monoisotopic (exact) mass is 222 g/mol. The lowest BCUT2D eigenvalue weighted by Gasteiger charge is -1.96. The topological polar surface area (TPSA) is 91.3 Å². The SMILES string of the molecule is N#Cc1ccc(C=NNC(N)=O)cc1Cl. The molecule has 0 saturated carbocycles. The zero-order valence-corrected chi connectivity index (χ0v) is 8.32. The summed E-state index contributed by atoms with van der Waals surface area (Å²) in [6, 6.07) is 5.96. The summed E-state index contributed by atoms with van der Waals surface area (Å²) in [5, 5.41) is 12.5. The number of nitrogens with one attached hydrogen (secondary N) is 1. The highest BCUT2D eigenvalue weighted by Crippen LogP contribution is 2.15. The van der Waals surface area contributed by atoms with Gasteiger partial charge in [-0.05, 0) is 17.7 Å². The number of nitrogens with zero attached hydrogens (tertiary/aromatic N) is 2. The molecule has 6 heteroatoms. The Hall–Kier alpha value is -2.06. The molecule has 1 rings (SSSR count). The molecule has 15 heavy (non-hydrogen) atoms. The lowest BCUT2D eigenvalue weighted by molar-refractivity contribution is 0.249.